The van der Waals surface area contributed by atoms with Gasteiger partial charge in [0.25, 0.3) is 0 Å². The van der Waals surface area contributed by atoms with Crippen LogP contribution in [0.1, 0.15) is 24.8 Å². The first-order valence-corrected chi connectivity index (χ1v) is 9.21. The molecule has 0 spiro atoms. The molecule has 3 aromatic rings. The Morgan fingerprint density at radius 1 is 1.22 bits per heavy atom. The number of aromatic amines is 1. The first-order chi connectivity index (χ1) is 13.2. The molecule has 0 atom stereocenters. The van der Waals surface area contributed by atoms with E-state index in [1.54, 1.807) is 6.33 Å². The van der Waals surface area contributed by atoms with Crippen LogP contribution in [0, 0.1) is 5.92 Å². The Balaban J connectivity index is 1.51. The molecule has 1 aromatic carbocycles. The van der Waals surface area contributed by atoms with Crippen molar-refractivity contribution in [3.05, 3.63) is 42.2 Å². The van der Waals surface area contributed by atoms with Gasteiger partial charge in [-0.15, -0.1) is 0 Å². The summed E-state index contributed by atoms with van der Waals surface area (Å²) >= 11 is 0. The van der Waals surface area contributed by atoms with Gasteiger partial charge in [0.05, 0.1) is 6.33 Å². The lowest BCUT2D eigenvalue weighted by molar-refractivity contribution is -0.119. The highest BCUT2D eigenvalue weighted by Crippen LogP contribution is 2.26. The van der Waals surface area contributed by atoms with Crippen LogP contribution in [-0.2, 0) is 11.3 Å². The number of H-pyrrole nitrogens is 1. The molecule has 0 radical (unpaired) electrons. The van der Waals surface area contributed by atoms with E-state index in [-0.39, 0.29) is 5.91 Å². The number of carbonyl (C=O) groups is 1. The maximum atomic E-state index is 11.1. The molecule has 140 valence electrons. The zero-order chi connectivity index (χ0) is 18.6. The summed E-state index contributed by atoms with van der Waals surface area (Å²) in [6.45, 7) is 2.30. The van der Waals surface area contributed by atoms with Gasteiger partial charge in [-0.2, -0.15) is 9.97 Å². The van der Waals surface area contributed by atoms with Gasteiger partial charge in [-0.1, -0.05) is 30.3 Å². The monoisotopic (exact) mass is 365 g/mol. The Kier molecular flexibility index (Phi) is 4.86. The number of fused-ring (bicyclic) bond motifs is 1. The molecule has 4 N–H and O–H groups in total. The van der Waals surface area contributed by atoms with Gasteiger partial charge in [-0.3, -0.25) is 4.79 Å². The molecule has 0 saturated carbocycles. The standard InChI is InChI=1S/C19H23N7O/c20-15(27)10-13-6-8-26(9-7-13)19-24-17(16-18(25-19)23-12-22-16)21-11-14-4-2-1-3-5-14/h1-5,12-13H,6-11H2,(H2,20,27)(H2,21,22,23,24,25). The van der Waals surface area contributed by atoms with Gasteiger partial charge in [0.1, 0.15) is 5.52 Å². The van der Waals surface area contributed by atoms with Crippen molar-refractivity contribution in [2.24, 2.45) is 11.7 Å². The van der Waals surface area contributed by atoms with Gasteiger partial charge in [0.2, 0.25) is 11.9 Å². The molecule has 8 heteroatoms. The Morgan fingerprint density at radius 2 is 2.00 bits per heavy atom. The van der Waals surface area contributed by atoms with Crippen LogP contribution in [0.15, 0.2) is 36.7 Å². The summed E-state index contributed by atoms with van der Waals surface area (Å²) in [5, 5.41) is 3.39. The first-order valence-electron chi connectivity index (χ1n) is 9.21. The fraction of sp³-hybridized carbons (Fsp3) is 0.368. The van der Waals surface area contributed by atoms with Crippen LogP contribution in [0.3, 0.4) is 0 Å². The molecule has 4 rings (SSSR count). The second-order valence-electron chi connectivity index (χ2n) is 6.91. The van der Waals surface area contributed by atoms with Gasteiger partial charge >= 0.3 is 0 Å². The van der Waals surface area contributed by atoms with E-state index in [4.69, 9.17) is 10.7 Å². The predicted octanol–water partition coefficient (Wildman–Crippen LogP) is 2.06. The molecule has 0 bridgehead atoms. The van der Waals surface area contributed by atoms with Gasteiger partial charge in [0.15, 0.2) is 11.5 Å². The maximum absolute atomic E-state index is 11.1. The number of hydrogen-bond donors (Lipinski definition) is 3. The van der Waals surface area contributed by atoms with Crippen molar-refractivity contribution in [1.29, 1.82) is 0 Å². The van der Waals surface area contributed by atoms with Crippen LogP contribution in [0.4, 0.5) is 11.8 Å². The summed E-state index contributed by atoms with van der Waals surface area (Å²) in [5.74, 6) is 1.54. The van der Waals surface area contributed by atoms with Crippen molar-refractivity contribution in [2.75, 3.05) is 23.3 Å². The van der Waals surface area contributed by atoms with Gasteiger partial charge in [-0.25, -0.2) is 4.98 Å². The molecule has 2 aromatic heterocycles. The van der Waals surface area contributed by atoms with E-state index < -0.39 is 0 Å². The van der Waals surface area contributed by atoms with Crippen LogP contribution < -0.4 is 16.0 Å². The summed E-state index contributed by atoms with van der Waals surface area (Å²) in [6.07, 6.45) is 3.92. The van der Waals surface area contributed by atoms with E-state index in [9.17, 15) is 4.79 Å². The summed E-state index contributed by atoms with van der Waals surface area (Å²) in [4.78, 5) is 30.0. The number of primary amides is 1. The van der Waals surface area contributed by atoms with Crippen LogP contribution in [0.25, 0.3) is 11.2 Å². The van der Waals surface area contributed by atoms with Gasteiger partial charge in [0, 0.05) is 26.1 Å². The smallest absolute Gasteiger partial charge is 0.229 e. The molecule has 1 fully saturated rings. The minimum absolute atomic E-state index is 0.227. The molecule has 1 aliphatic rings. The minimum Gasteiger partial charge on any atom is -0.370 e. The largest absolute Gasteiger partial charge is 0.370 e. The lowest BCUT2D eigenvalue weighted by atomic mass is 9.93. The van der Waals surface area contributed by atoms with Crippen molar-refractivity contribution in [3.8, 4) is 0 Å². The number of benzene rings is 1. The number of nitrogens with zero attached hydrogens (tertiary/aromatic N) is 4. The number of amides is 1. The molecular formula is C19H23N7O. The average molecular weight is 365 g/mol. The highest BCUT2D eigenvalue weighted by Gasteiger charge is 2.23. The number of hydrogen-bond acceptors (Lipinski definition) is 6. The quantitative estimate of drug-likeness (QED) is 0.616. The van der Waals surface area contributed by atoms with Crippen molar-refractivity contribution in [3.63, 3.8) is 0 Å². The molecule has 1 saturated heterocycles. The van der Waals surface area contributed by atoms with Crippen LogP contribution in [0.5, 0.6) is 0 Å². The van der Waals surface area contributed by atoms with Crippen molar-refractivity contribution >= 4 is 28.8 Å². The molecular weight excluding hydrogens is 342 g/mol. The van der Waals surface area contributed by atoms with Crippen LogP contribution >= 0.6 is 0 Å². The zero-order valence-corrected chi connectivity index (χ0v) is 15.1. The van der Waals surface area contributed by atoms with Crippen molar-refractivity contribution < 1.29 is 4.79 Å². The molecule has 0 unspecified atom stereocenters. The Labute approximate surface area is 157 Å². The highest BCUT2D eigenvalue weighted by molar-refractivity contribution is 5.83. The van der Waals surface area contributed by atoms with E-state index >= 15 is 0 Å². The fourth-order valence-electron chi connectivity index (χ4n) is 3.49. The molecule has 27 heavy (non-hydrogen) atoms. The first kappa shape index (κ1) is 17.3. The lowest BCUT2D eigenvalue weighted by Crippen LogP contribution is -2.36. The summed E-state index contributed by atoms with van der Waals surface area (Å²) < 4.78 is 0. The SMILES string of the molecule is NC(=O)CC1CCN(c2nc(NCc3ccccc3)c3[nH]cnc3n2)CC1. The number of nitrogens with two attached hydrogens (primary N) is 1. The number of nitrogens with one attached hydrogen (secondary N) is 2. The van der Waals surface area contributed by atoms with E-state index in [1.807, 2.05) is 18.2 Å². The number of rotatable bonds is 6. The van der Waals surface area contributed by atoms with Crippen LogP contribution in [0.2, 0.25) is 0 Å². The Hall–Kier alpha value is -3.16. The van der Waals surface area contributed by atoms with E-state index in [1.165, 1.54) is 5.56 Å². The number of anilines is 2. The zero-order valence-electron chi connectivity index (χ0n) is 15.1. The molecule has 3 heterocycles. The third-order valence-corrected chi connectivity index (χ3v) is 4.96. The van der Waals surface area contributed by atoms with Crippen LogP contribution in [-0.4, -0.2) is 38.9 Å². The molecule has 1 aliphatic heterocycles. The normalized spacial score (nSPS) is 15.2. The maximum Gasteiger partial charge on any atom is 0.229 e. The lowest BCUT2D eigenvalue weighted by Gasteiger charge is -2.31. The Morgan fingerprint density at radius 3 is 2.74 bits per heavy atom. The molecule has 8 nitrogen and oxygen atoms in total. The highest BCUT2D eigenvalue weighted by atomic mass is 16.1. The number of carbonyl (C=O) groups excluding carboxylic acids is 1. The molecule has 1 amide bonds. The second-order valence-corrected chi connectivity index (χ2v) is 6.91. The molecule has 0 aliphatic carbocycles. The fourth-order valence-corrected chi connectivity index (χ4v) is 3.49. The summed E-state index contributed by atoms with van der Waals surface area (Å²) in [6, 6.07) is 10.2. The van der Waals surface area contributed by atoms with Gasteiger partial charge < -0.3 is 20.9 Å². The summed E-state index contributed by atoms with van der Waals surface area (Å²) in [7, 11) is 0. The third-order valence-electron chi connectivity index (χ3n) is 4.96. The number of imidazole rings is 1. The van der Waals surface area contributed by atoms with E-state index in [0.717, 1.165) is 37.3 Å². The van der Waals surface area contributed by atoms with Crippen molar-refractivity contribution in [1.82, 2.24) is 19.9 Å². The number of aromatic nitrogens is 4. The topological polar surface area (TPSA) is 113 Å². The van der Waals surface area contributed by atoms with Crippen molar-refractivity contribution in [2.45, 2.75) is 25.8 Å². The summed E-state index contributed by atoms with van der Waals surface area (Å²) in [5.41, 5.74) is 7.95. The predicted molar refractivity (Wildman–Crippen MR) is 104 cm³/mol. The second kappa shape index (κ2) is 7.61. The van der Waals surface area contributed by atoms with E-state index in [0.29, 0.717) is 30.5 Å². The minimum atomic E-state index is -0.227. The van der Waals surface area contributed by atoms with E-state index in [2.05, 4.69) is 37.3 Å². The third kappa shape index (κ3) is 3.99. The Bertz CT molecular complexity index is 916. The van der Waals surface area contributed by atoms with Gasteiger partial charge in [-0.05, 0) is 24.3 Å². The number of piperidine rings is 1. The average Bonchev–Trinajstić information content (AvgIpc) is 3.16.